The van der Waals surface area contributed by atoms with Gasteiger partial charge in [-0.25, -0.2) is 12.8 Å². The first-order chi connectivity index (χ1) is 18.7. The molecule has 0 aliphatic carbocycles. The molecule has 0 amide bonds. The molecule has 39 heavy (non-hydrogen) atoms. The number of ether oxygens (including phenoxy) is 2. The highest BCUT2D eigenvalue weighted by Crippen LogP contribution is 2.30. The number of aromatic nitrogens is 1. The Bertz CT molecular complexity index is 1430. The minimum absolute atomic E-state index is 0.0721. The van der Waals surface area contributed by atoms with Crippen LogP contribution < -0.4 is 14.9 Å². The minimum Gasteiger partial charge on any atom is -0.497 e. The molecule has 2 aromatic carbocycles. The molecule has 212 valence electrons. The Hall–Kier alpha value is -2.95. The lowest BCUT2D eigenvalue weighted by molar-refractivity contribution is 0.154. The Morgan fingerprint density at radius 3 is 2.36 bits per heavy atom. The van der Waals surface area contributed by atoms with E-state index in [1.54, 1.807) is 42.1 Å². The highest BCUT2D eigenvalue weighted by Gasteiger charge is 2.21. The molecule has 8 nitrogen and oxygen atoms in total. The number of halogens is 1. The Morgan fingerprint density at radius 1 is 0.974 bits per heavy atom. The lowest BCUT2D eigenvalue weighted by Crippen LogP contribution is -2.44. The highest BCUT2D eigenvalue weighted by molar-refractivity contribution is 7.91. The number of piperazine rings is 1. The third-order valence-electron chi connectivity index (χ3n) is 7.17. The molecule has 0 atom stereocenters. The maximum Gasteiger partial charge on any atom is 0.200 e. The first kappa shape index (κ1) is 29.0. The Labute approximate surface area is 229 Å². The Balaban J connectivity index is 1.63. The summed E-state index contributed by atoms with van der Waals surface area (Å²) >= 11 is 0. The Kier molecular flexibility index (Phi) is 9.63. The van der Waals surface area contributed by atoms with Gasteiger partial charge in [-0.2, -0.15) is 0 Å². The van der Waals surface area contributed by atoms with E-state index in [-0.39, 0.29) is 34.5 Å². The summed E-state index contributed by atoms with van der Waals surface area (Å²) in [6, 6.07) is 9.65. The third-order valence-corrected chi connectivity index (χ3v) is 8.88. The maximum atomic E-state index is 15.2. The zero-order valence-electron chi connectivity index (χ0n) is 23.0. The van der Waals surface area contributed by atoms with Crippen LogP contribution in [0.4, 0.5) is 4.39 Å². The van der Waals surface area contributed by atoms with E-state index in [0.29, 0.717) is 30.1 Å². The molecule has 0 N–H and O–H groups in total. The van der Waals surface area contributed by atoms with Gasteiger partial charge in [-0.05, 0) is 56.3 Å². The molecule has 0 radical (unpaired) electrons. The molecule has 2 heterocycles. The van der Waals surface area contributed by atoms with Crippen molar-refractivity contribution in [2.75, 3.05) is 65.0 Å². The van der Waals surface area contributed by atoms with Crippen LogP contribution in [-0.4, -0.2) is 87.8 Å². The van der Waals surface area contributed by atoms with Crippen molar-refractivity contribution in [1.29, 1.82) is 0 Å². The van der Waals surface area contributed by atoms with Gasteiger partial charge in [0.1, 0.15) is 17.3 Å². The van der Waals surface area contributed by atoms with Crippen molar-refractivity contribution in [3.05, 3.63) is 58.6 Å². The zero-order valence-corrected chi connectivity index (χ0v) is 23.8. The monoisotopic (exact) mass is 559 g/mol. The van der Waals surface area contributed by atoms with Gasteiger partial charge in [0, 0.05) is 44.5 Å². The second kappa shape index (κ2) is 12.9. The standard InChI is InChI=1S/C29H38FN3O5S/c1-4-18-38-26-11-10-25(30)27-28(26)33(21-24(29(27)34)22-6-8-23(37-3)9-7-22)17-20-39(35,36)19-5-12-32-15-13-31(2)14-16-32/h6-11,21H,4-5,12-20H2,1-3H3. The van der Waals surface area contributed by atoms with E-state index < -0.39 is 21.1 Å². The highest BCUT2D eigenvalue weighted by atomic mass is 32.2. The van der Waals surface area contributed by atoms with E-state index in [4.69, 9.17) is 9.47 Å². The number of pyridine rings is 1. The van der Waals surface area contributed by atoms with E-state index in [1.807, 2.05) is 6.92 Å². The number of nitrogens with zero attached hydrogens (tertiary/aromatic N) is 3. The molecule has 1 aromatic heterocycles. The van der Waals surface area contributed by atoms with Crippen molar-refractivity contribution < 1.29 is 22.3 Å². The number of likely N-dealkylation sites (N-methyl/N-ethyl adjacent to an activating group) is 1. The summed E-state index contributed by atoms with van der Waals surface area (Å²) in [4.78, 5) is 18.1. The summed E-state index contributed by atoms with van der Waals surface area (Å²) in [6.07, 6.45) is 2.91. The van der Waals surface area contributed by atoms with Crippen molar-refractivity contribution in [1.82, 2.24) is 14.4 Å². The smallest absolute Gasteiger partial charge is 0.200 e. The quantitative estimate of drug-likeness (QED) is 0.335. The van der Waals surface area contributed by atoms with Crippen molar-refractivity contribution in [2.45, 2.75) is 26.3 Å². The van der Waals surface area contributed by atoms with Crippen LogP contribution in [0.3, 0.4) is 0 Å². The van der Waals surface area contributed by atoms with Crippen LogP contribution in [0.1, 0.15) is 19.8 Å². The molecule has 3 aromatic rings. The number of sulfone groups is 1. The van der Waals surface area contributed by atoms with Gasteiger partial charge < -0.3 is 23.8 Å². The van der Waals surface area contributed by atoms with Crippen LogP contribution in [0.15, 0.2) is 47.4 Å². The largest absolute Gasteiger partial charge is 0.497 e. The van der Waals surface area contributed by atoms with E-state index in [2.05, 4.69) is 16.8 Å². The first-order valence-electron chi connectivity index (χ1n) is 13.5. The number of methoxy groups -OCH3 is 1. The normalized spacial score (nSPS) is 15.1. The van der Waals surface area contributed by atoms with Crippen molar-refractivity contribution in [2.24, 2.45) is 0 Å². The molecule has 1 fully saturated rings. The van der Waals surface area contributed by atoms with Crippen LogP contribution in [0.5, 0.6) is 11.5 Å². The van der Waals surface area contributed by atoms with E-state index in [0.717, 1.165) is 39.1 Å². The molecule has 1 saturated heterocycles. The molecule has 0 spiro atoms. The molecular formula is C29H38FN3O5S. The van der Waals surface area contributed by atoms with E-state index in [9.17, 15) is 13.2 Å². The van der Waals surface area contributed by atoms with Crippen LogP contribution in [0, 0.1) is 5.82 Å². The average molecular weight is 560 g/mol. The fourth-order valence-corrected chi connectivity index (χ4v) is 6.11. The summed E-state index contributed by atoms with van der Waals surface area (Å²) < 4.78 is 54.0. The number of fused-ring (bicyclic) bond motifs is 1. The third kappa shape index (κ3) is 7.17. The lowest BCUT2D eigenvalue weighted by atomic mass is 10.0. The van der Waals surface area contributed by atoms with Crippen molar-refractivity contribution >= 4 is 20.7 Å². The van der Waals surface area contributed by atoms with Crippen LogP contribution in [0.25, 0.3) is 22.0 Å². The van der Waals surface area contributed by atoms with E-state index in [1.165, 1.54) is 12.1 Å². The van der Waals surface area contributed by atoms with Gasteiger partial charge >= 0.3 is 0 Å². The van der Waals surface area contributed by atoms with Gasteiger partial charge in [-0.3, -0.25) is 4.79 Å². The fraction of sp³-hybridized carbons (Fsp3) is 0.483. The summed E-state index contributed by atoms with van der Waals surface area (Å²) in [5.74, 6) is 0.275. The molecule has 0 saturated carbocycles. The average Bonchev–Trinajstić information content (AvgIpc) is 2.93. The SMILES string of the molecule is CCCOc1ccc(F)c2c(=O)c(-c3ccc(OC)cc3)cn(CCS(=O)(=O)CCCN3CCN(C)CC3)c12. The lowest BCUT2D eigenvalue weighted by Gasteiger charge is -2.32. The molecule has 1 aliphatic heterocycles. The first-order valence-corrected chi connectivity index (χ1v) is 15.3. The van der Waals surface area contributed by atoms with Gasteiger partial charge in [0.25, 0.3) is 0 Å². The molecular weight excluding hydrogens is 521 g/mol. The number of rotatable bonds is 12. The van der Waals surface area contributed by atoms with Crippen LogP contribution in [0.2, 0.25) is 0 Å². The summed E-state index contributed by atoms with van der Waals surface area (Å²) in [7, 11) is 0.259. The number of aryl methyl sites for hydroxylation is 1. The molecule has 10 heteroatoms. The van der Waals surface area contributed by atoms with Gasteiger partial charge in [0.2, 0.25) is 0 Å². The summed E-state index contributed by atoms with van der Waals surface area (Å²) in [5, 5.41) is -0.107. The number of hydrogen-bond acceptors (Lipinski definition) is 7. The molecule has 4 rings (SSSR count). The maximum absolute atomic E-state index is 15.2. The topological polar surface area (TPSA) is 81.1 Å². The molecule has 0 unspecified atom stereocenters. The Morgan fingerprint density at radius 2 is 1.69 bits per heavy atom. The number of benzene rings is 2. The predicted octanol–water partition coefficient (Wildman–Crippen LogP) is 3.66. The van der Waals surface area contributed by atoms with Crippen molar-refractivity contribution in [3.63, 3.8) is 0 Å². The van der Waals surface area contributed by atoms with Crippen LogP contribution >= 0.6 is 0 Å². The molecule has 1 aliphatic rings. The second-order valence-electron chi connectivity index (χ2n) is 10.1. The van der Waals surface area contributed by atoms with Crippen molar-refractivity contribution in [3.8, 4) is 22.6 Å². The number of hydrogen-bond donors (Lipinski definition) is 0. The fourth-order valence-electron chi connectivity index (χ4n) is 4.86. The van der Waals surface area contributed by atoms with Gasteiger partial charge in [-0.15, -0.1) is 0 Å². The van der Waals surface area contributed by atoms with Crippen LogP contribution in [-0.2, 0) is 16.4 Å². The summed E-state index contributed by atoms with van der Waals surface area (Å²) in [6.45, 7) is 7.03. The van der Waals surface area contributed by atoms with E-state index >= 15 is 4.39 Å². The summed E-state index contributed by atoms with van der Waals surface area (Å²) in [5.41, 5.74) is 0.675. The van der Waals surface area contributed by atoms with Gasteiger partial charge in [0.05, 0.1) is 36.1 Å². The molecule has 0 bridgehead atoms. The van der Waals surface area contributed by atoms with Gasteiger partial charge in [-0.1, -0.05) is 19.1 Å². The zero-order chi connectivity index (χ0) is 28.0. The minimum atomic E-state index is -3.38. The predicted molar refractivity (Wildman–Crippen MR) is 153 cm³/mol. The van der Waals surface area contributed by atoms with Gasteiger partial charge in [0.15, 0.2) is 15.3 Å². The second-order valence-corrected chi connectivity index (χ2v) is 12.4.